The van der Waals surface area contributed by atoms with Crippen molar-refractivity contribution >= 4 is 45.4 Å². The smallest absolute Gasteiger partial charge is 0.356 e. The molecule has 3 aliphatic rings. The van der Waals surface area contributed by atoms with Crippen LogP contribution in [-0.4, -0.2) is 62.5 Å². The highest BCUT2D eigenvalue weighted by atomic mass is 127. The summed E-state index contributed by atoms with van der Waals surface area (Å²) in [4.78, 5) is 21.3. The maximum atomic E-state index is 13.2. The minimum atomic E-state index is -4.49. The van der Waals surface area contributed by atoms with E-state index in [9.17, 15) is 13.2 Å². The van der Waals surface area contributed by atoms with E-state index in [0.29, 0.717) is 24.9 Å². The second kappa shape index (κ2) is 8.39. The number of hydrogen-bond donors (Lipinski definition) is 0. The van der Waals surface area contributed by atoms with Crippen LogP contribution < -0.4 is 9.80 Å². The van der Waals surface area contributed by atoms with Crippen molar-refractivity contribution in [3.05, 3.63) is 27.5 Å². The summed E-state index contributed by atoms with van der Waals surface area (Å²) in [5.41, 5.74) is -0.140. The molecule has 3 aromatic rings. The van der Waals surface area contributed by atoms with Crippen LogP contribution in [0.3, 0.4) is 0 Å². The molecule has 6 rings (SSSR count). The van der Waals surface area contributed by atoms with Crippen molar-refractivity contribution in [2.24, 2.45) is 5.41 Å². The molecule has 0 aromatic carbocycles. The summed E-state index contributed by atoms with van der Waals surface area (Å²) in [6.45, 7) is 5.04. The lowest BCUT2D eigenvalue weighted by Crippen LogP contribution is -2.58. The van der Waals surface area contributed by atoms with Crippen molar-refractivity contribution in [2.75, 3.05) is 42.6 Å². The largest absolute Gasteiger partial charge is 0.433 e. The third-order valence-electron chi connectivity index (χ3n) is 7.03. The van der Waals surface area contributed by atoms with Gasteiger partial charge in [-0.15, -0.1) is 0 Å². The first-order chi connectivity index (χ1) is 16.7. The summed E-state index contributed by atoms with van der Waals surface area (Å²) in [6.07, 6.45) is 1.22. The molecule has 1 spiro atoms. The number of aromatic nitrogens is 6. The van der Waals surface area contributed by atoms with Gasteiger partial charge >= 0.3 is 6.18 Å². The second-order valence-corrected chi connectivity index (χ2v) is 10.7. The van der Waals surface area contributed by atoms with Crippen molar-refractivity contribution in [1.82, 2.24) is 29.7 Å². The van der Waals surface area contributed by atoms with E-state index in [4.69, 9.17) is 9.72 Å². The van der Waals surface area contributed by atoms with E-state index in [0.717, 1.165) is 66.2 Å². The Balaban J connectivity index is 1.19. The van der Waals surface area contributed by atoms with Gasteiger partial charge in [0, 0.05) is 50.5 Å². The predicted octanol–water partition coefficient (Wildman–Crippen LogP) is 3.96. The molecule has 1 unspecified atom stereocenters. The van der Waals surface area contributed by atoms with Gasteiger partial charge in [0.2, 0.25) is 5.95 Å². The molecular weight excluding hydrogens is 576 g/mol. The van der Waals surface area contributed by atoms with Gasteiger partial charge in [-0.25, -0.2) is 19.6 Å². The van der Waals surface area contributed by atoms with Gasteiger partial charge in [-0.1, -0.05) is 0 Å². The van der Waals surface area contributed by atoms with Crippen molar-refractivity contribution in [2.45, 2.75) is 45.0 Å². The highest BCUT2D eigenvalue weighted by Gasteiger charge is 2.49. The molecule has 0 saturated carbocycles. The molecule has 3 fully saturated rings. The Morgan fingerprint density at radius 3 is 2.66 bits per heavy atom. The molecular formula is C22H24F3IN8O. The zero-order valence-corrected chi connectivity index (χ0v) is 21.3. The van der Waals surface area contributed by atoms with Crippen molar-refractivity contribution in [3.8, 4) is 0 Å². The first kappa shape index (κ1) is 23.1. The van der Waals surface area contributed by atoms with Gasteiger partial charge in [-0.3, -0.25) is 0 Å². The van der Waals surface area contributed by atoms with Crippen molar-refractivity contribution < 1.29 is 17.9 Å². The van der Waals surface area contributed by atoms with Gasteiger partial charge in [0.15, 0.2) is 11.9 Å². The fraction of sp³-hybridized carbons (Fsp3) is 0.591. The van der Waals surface area contributed by atoms with Crippen LogP contribution in [0.5, 0.6) is 0 Å². The monoisotopic (exact) mass is 600 g/mol. The van der Waals surface area contributed by atoms with Crippen LogP contribution in [0, 0.1) is 16.0 Å². The maximum absolute atomic E-state index is 13.2. The Bertz CT molecular complexity index is 1270. The normalized spacial score (nSPS) is 22.3. The second-order valence-electron chi connectivity index (χ2n) is 9.65. The Hall–Kier alpha value is -2.29. The van der Waals surface area contributed by atoms with Crippen LogP contribution >= 0.6 is 22.6 Å². The SMILES string of the molecule is Cc1nc(N2CC3(CCN(c4ncc5c(I)nn(C6CCCCO6)c5n4)C3)C2)cc(C(F)(F)F)n1. The summed E-state index contributed by atoms with van der Waals surface area (Å²) < 4.78 is 48.2. The quantitative estimate of drug-likeness (QED) is 0.418. The lowest BCUT2D eigenvalue weighted by Gasteiger charge is -2.48. The Kier molecular flexibility index (Phi) is 5.54. The minimum Gasteiger partial charge on any atom is -0.356 e. The van der Waals surface area contributed by atoms with Gasteiger partial charge in [-0.05, 0) is 55.2 Å². The van der Waals surface area contributed by atoms with Gasteiger partial charge in [0.1, 0.15) is 21.0 Å². The first-order valence-electron chi connectivity index (χ1n) is 11.7. The van der Waals surface area contributed by atoms with Gasteiger partial charge < -0.3 is 14.5 Å². The molecule has 1 atom stereocenters. The zero-order valence-electron chi connectivity index (χ0n) is 19.1. The molecule has 35 heavy (non-hydrogen) atoms. The predicted molar refractivity (Wildman–Crippen MR) is 130 cm³/mol. The standard InChI is InChI=1S/C22H24F3IN8O/c1-13-28-15(22(23,24)25)8-16(29-13)33-11-21(12-33)5-6-32(10-21)20-27-9-14-18(26)31-34(19(14)30-20)17-4-2-3-7-35-17/h8-9,17H,2-7,10-12H2,1H3. The van der Waals surface area contributed by atoms with Crippen LogP contribution in [0.4, 0.5) is 24.9 Å². The molecule has 3 aliphatic heterocycles. The topological polar surface area (TPSA) is 85.1 Å². The minimum absolute atomic E-state index is 0.0171. The third-order valence-corrected chi connectivity index (χ3v) is 7.83. The molecule has 0 amide bonds. The number of fused-ring (bicyclic) bond motifs is 1. The molecule has 3 aromatic heterocycles. The van der Waals surface area contributed by atoms with E-state index in [1.165, 1.54) is 6.92 Å². The lowest BCUT2D eigenvalue weighted by atomic mass is 9.79. The fourth-order valence-corrected chi connectivity index (χ4v) is 5.91. The van der Waals surface area contributed by atoms with E-state index >= 15 is 0 Å². The summed E-state index contributed by atoms with van der Waals surface area (Å²) in [5, 5.41) is 5.58. The number of anilines is 2. The fourth-order valence-electron chi connectivity index (χ4n) is 5.30. The third kappa shape index (κ3) is 4.19. The first-order valence-corrected chi connectivity index (χ1v) is 12.7. The molecule has 0 N–H and O–H groups in total. The Morgan fingerprint density at radius 1 is 1.11 bits per heavy atom. The highest BCUT2D eigenvalue weighted by molar-refractivity contribution is 14.1. The number of halogens is 4. The number of hydrogen-bond acceptors (Lipinski definition) is 8. The van der Waals surface area contributed by atoms with Crippen LogP contribution in [-0.2, 0) is 10.9 Å². The number of nitrogens with zero attached hydrogens (tertiary/aromatic N) is 8. The average molecular weight is 600 g/mol. The maximum Gasteiger partial charge on any atom is 0.433 e. The number of alkyl halides is 3. The van der Waals surface area contributed by atoms with Gasteiger partial charge in [0.05, 0.1) is 5.39 Å². The molecule has 13 heteroatoms. The average Bonchev–Trinajstić information content (AvgIpc) is 3.40. The van der Waals surface area contributed by atoms with Crippen molar-refractivity contribution in [3.63, 3.8) is 0 Å². The highest BCUT2D eigenvalue weighted by Crippen LogP contribution is 2.43. The number of ether oxygens (including phenoxy) is 1. The van der Waals surface area contributed by atoms with E-state index in [1.54, 1.807) is 0 Å². The van der Waals surface area contributed by atoms with Crippen LogP contribution in [0.25, 0.3) is 11.0 Å². The van der Waals surface area contributed by atoms with Gasteiger partial charge in [0.25, 0.3) is 0 Å². The lowest BCUT2D eigenvalue weighted by molar-refractivity contribution is -0.141. The molecule has 186 valence electrons. The van der Waals surface area contributed by atoms with Crippen LogP contribution in [0.15, 0.2) is 12.3 Å². The van der Waals surface area contributed by atoms with Crippen molar-refractivity contribution in [1.29, 1.82) is 0 Å². The Morgan fingerprint density at radius 2 is 1.91 bits per heavy atom. The summed E-state index contributed by atoms with van der Waals surface area (Å²) >= 11 is 2.21. The molecule has 0 bridgehead atoms. The number of rotatable bonds is 3. The van der Waals surface area contributed by atoms with Crippen LogP contribution in [0.1, 0.15) is 43.4 Å². The van der Waals surface area contributed by atoms with E-state index < -0.39 is 11.9 Å². The Labute approximate surface area is 213 Å². The summed E-state index contributed by atoms with van der Waals surface area (Å²) in [7, 11) is 0. The van der Waals surface area contributed by atoms with Gasteiger partial charge in [-0.2, -0.15) is 23.3 Å². The summed E-state index contributed by atoms with van der Waals surface area (Å²) in [6, 6.07) is 1.04. The number of aryl methyl sites for hydroxylation is 1. The molecule has 6 heterocycles. The molecule has 0 aliphatic carbocycles. The molecule has 3 saturated heterocycles. The molecule has 9 nitrogen and oxygen atoms in total. The van der Waals surface area contributed by atoms with E-state index in [-0.39, 0.29) is 17.5 Å². The zero-order chi connectivity index (χ0) is 24.4. The summed E-state index contributed by atoms with van der Waals surface area (Å²) in [5.74, 6) is 1.11. The van der Waals surface area contributed by atoms with E-state index in [2.05, 4.69) is 47.5 Å². The van der Waals surface area contributed by atoms with E-state index in [1.807, 2.05) is 15.8 Å². The molecule has 0 radical (unpaired) electrons. The van der Waals surface area contributed by atoms with Crippen LogP contribution in [0.2, 0.25) is 0 Å².